The van der Waals surface area contributed by atoms with Crippen molar-refractivity contribution in [2.75, 3.05) is 14.2 Å². The van der Waals surface area contributed by atoms with E-state index in [1.165, 1.54) is 20.3 Å². The van der Waals surface area contributed by atoms with Crippen molar-refractivity contribution in [3.05, 3.63) is 78.4 Å². The van der Waals surface area contributed by atoms with E-state index >= 15 is 0 Å². The van der Waals surface area contributed by atoms with Gasteiger partial charge in [-0.25, -0.2) is 4.57 Å². The summed E-state index contributed by atoms with van der Waals surface area (Å²) >= 11 is 0. The molecule has 146 valence electrons. The maximum absolute atomic E-state index is 13.6. The van der Waals surface area contributed by atoms with E-state index in [-0.39, 0.29) is 11.9 Å². The third kappa shape index (κ3) is 4.99. The predicted octanol–water partition coefficient (Wildman–Crippen LogP) is 5.26. The van der Waals surface area contributed by atoms with E-state index in [1.54, 1.807) is 66.7 Å². The van der Waals surface area contributed by atoms with Crippen molar-refractivity contribution in [2.24, 2.45) is 0 Å². The summed E-state index contributed by atoms with van der Waals surface area (Å²) in [5.74, 6) is 1.81. The van der Waals surface area contributed by atoms with Crippen LogP contribution in [0.3, 0.4) is 0 Å². The van der Waals surface area contributed by atoms with Crippen LogP contribution in [0.4, 0.5) is 0 Å². The van der Waals surface area contributed by atoms with Crippen LogP contribution in [-0.2, 0) is 10.7 Å². The molecule has 0 atom stereocenters. The zero-order chi connectivity index (χ0) is 20.0. The van der Waals surface area contributed by atoms with E-state index < -0.39 is 7.60 Å². The fraction of sp³-hybridized carbons (Fsp3) is 0.143. The minimum atomic E-state index is -3.74. The third-order valence-corrected chi connectivity index (χ3v) is 5.63. The molecule has 7 heteroatoms. The molecule has 0 spiro atoms. The summed E-state index contributed by atoms with van der Waals surface area (Å²) in [6, 6.07) is 20.2. The number of phenols is 1. The lowest BCUT2D eigenvalue weighted by Crippen LogP contribution is -2.05. The Morgan fingerprint density at radius 2 is 1.25 bits per heavy atom. The number of aromatic hydroxyl groups is 1. The van der Waals surface area contributed by atoms with E-state index in [1.807, 2.05) is 0 Å². The second-order valence-corrected chi connectivity index (χ2v) is 7.84. The third-order valence-electron chi connectivity index (χ3n) is 3.93. The van der Waals surface area contributed by atoms with Crippen molar-refractivity contribution in [1.29, 1.82) is 0 Å². The Morgan fingerprint density at radius 1 is 0.750 bits per heavy atom. The van der Waals surface area contributed by atoms with Gasteiger partial charge in [0.15, 0.2) is 0 Å². The average molecular weight is 400 g/mol. The molecule has 3 rings (SSSR count). The maximum atomic E-state index is 13.6. The summed E-state index contributed by atoms with van der Waals surface area (Å²) < 4.78 is 35.6. The monoisotopic (exact) mass is 400 g/mol. The summed E-state index contributed by atoms with van der Waals surface area (Å²) in [5.41, 5.74) is 0.455. The molecule has 0 amide bonds. The first-order chi connectivity index (χ1) is 13.5. The molecule has 0 fully saturated rings. The summed E-state index contributed by atoms with van der Waals surface area (Å²) in [7, 11) is -0.673. The van der Waals surface area contributed by atoms with Crippen molar-refractivity contribution in [3.8, 4) is 28.7 Å². The van der Waals surface area contributed by atoms with E-state index in [9.17, 15) is 9.67 Å². The first kappa shape index (κ1) is 19.6. The van der Waals surface area contributed by atoms with Gasteiger partial charge in [0.05, 0.1) is 14.2 Å². The quantitative estimate of drug-likeness (QED) is 0.520. The zero-order valence-electron chi connectivity index (χ0n) is 15.6. The maximum Gasteiger partial charge on any atom is 0.435 e. The number of methoxy groups -OCH3 is 2. The number of ether oxygens (including phenoxy) is 2. The first-order valence-corrected chi connectivity index (χ1v) is 10.3. The number of phenolic OH excluding ortho intramolecular Hbond substituents is 1. The van der Waals surface area contributed by atoms with Crippen LogP contribution in [0.15, 0.2) is 72.8 Å². The van der Waals surface area contributed by atoms with Crippen LogP contribution >= 0.6 is 7.60 Å². The lowest BCUT2D eigenvalue weighted by atomic mass is 10.2. The minimum absolute atomic E-state index is 0.0196. The molecule has 0 radical (unpaired) electrons. The van der Waals surface area contributed by atoms with Crippen molar-refractivity contribution in [3.63, 3.8) is 0 Å². The van der Waals surface area contributed by atoms with Gasteiger partial charge in [-0.1, -0.05) is 30.3 Å². The lowest BCUT2D eigenvalue weighted by Gasteiger charge is -2.21. The molecular weight excluding hydrogens is 379 g/mol. The summed E-state index contributed by atoms with van der Waals surface area (Å²) in [6.07, 6.45) is -0.117. The Bertz CT molecular complexity index is 934. The highest BCUT2D eigenvalue weighted by molar-refractivity contribution is 7.53. The molecule has 0 aliphatic rings. The van der Waals surface area contributed by atoms with Gasteiger partial charge in [-0.2, -0.15) is 0 Å². The van der Waals surface area contributed by atoms with Gasteiger partial charge >= 0.3 is 7.60 Å². The fourth-order valence-electron chi connectivity index (χ4n) is 2.57. The molecule has 3 aromatic rings. The molecule has 0 saturated carbocycles. The van der Waals surface area contributed by atoms with Crippen LogP contribution in [0.5, 0.6) is 28.7 Å². The Balaban J connectivity index is 1.94. The second kappa shape index (κ2) is 8.72. The molecular formula is C21H21O6P. The summed E-state index contributed by atoms with van der Waals surface area (Å²) in [5, 5.41) is 10.1. The lowest BCUT2D eigenvalue weighted by molar-refractivity contribution is 0.376. The van der Waals surface area contributed by atoms with Gasteiger partial charge < -0.3 is 23.6 Å². The van der Waals surface area contributed by atoms with Gasteiger partial charge in [-0.15, -0.1) is 0 Å². The Labute approximate surface area is 163 Å². The highest BCUT2D eigenvalue weighted by atomic mass is 31.2. The first-order valence-electron chi connectivity index (χ1n) is 8.54. The van der Waals surface area contributed by atoms with Gasteiger partial charge in [-0.3, -0.25) is 0 Å². The standard InChI is InChI=1S/C21H21O6P/c1-24-17-8-5-10-19(13-17)26-28(23,15-16-7-3-4-12-21(16)22)27-20-11-6-9-18(14-20)25-2/h3-14,22H,15H2,1-2H3. The van der Waals surface area contributed by atoms with E-state index in [4.69, 9.17) is 18.5 Å². The number of para-hydroxylation sites is 1. The molecule has 0 aliphatic carbocycles. The SMILES string of the molecule is COc1cccc(OP(=O)(Cc2ccccc2O)Oc2cccc(OC)c2)c1. The van der Waals surface area contributed by atoms with Crippen LogP contribution in [0.25, 0.3) is 0 Å². The van der Waals surface area contributed by atoms with Crippen LogP contribution < -0.4 is 18.5 Å². The van der Waals surface area contributed by atoms with Crippen LogP contribution in [-0.4, -0.2) is 19.3 Å². The fourth-order valence-corrected chi connectivity index (χ4v) is 4.29. The number of benzene rings is 3. The van der Waals surface area contributed by atoms with Crippen LogP contribution in [0, 0.1) is 0 Å². The summed E-state index contributed by atoms with van der Waals surface area (Å²) in [6.45, 7) is 0. The highest BCUT2D eigenvalue weighted by Gasteiger charge is 2.30. The molecule has 0 unspecified atom stereocenters. The van der Waals surface area contributed by atoms with Gasteiger partial charge in [-0.05, 0) is 30.3 Å². The molecule has 6 nitrogen and oxygen atoms in total. The predicted molar refractivity (Wildman–Crippen MR) is 107 cm³/mol. The van der Waals surface area contributed by atoms with Gasteiger partial charge in [0.1, 0.15) is 34.9 Å². The normalized spacial score (nSPS) is 10.9. The minimum Gasteiger partial charge on any atom is -0.508 e. The molecule has 0 bridgehead atoms. The Hall–Kier alpha value is -3.11. The number of rotatable bonds is 8. The molecule has 0 aromatic heterocycles. The van der Waals surface area contributed by atoms with Gasteiger partial charge in [0.2, 0.25) is 0 Å². The van der Waals surface area contributed by atoms with Gasteiger partial charge in [0, 0.05) is 17.7 Å². The molecule has 1 N–H and O–H groups in total. The summed E-state index contributed by atoms with van der Waals surface area (Å²) in [4.78, 5) is 0. The second-order valence-electron chi connectivity index (χ2n) is 5.94. The topological polar surface area (TPSA) is 74.2 Å². The molecule has 0 heterocycles. The van der Waals surface area contributed by atoms with Crippen LogP contribution in [0.1, 0.15) is 5.56 Å². The van der Waals surface area contributed by atoms with E-state index in [0.29, 0.717) is 28.6 Å². The molecule has 3 aromatic carbocycles. The molecule has 28 heavy (non-hydrogen) atoms. The van der Waals surface area contributed by atoms with Crippen molar-refractivity contribution in [2.45, 2.75) is 6.16 Å². The van der Waals surface area contributed by atoms with Crippen molar-refractivity contribution >= 4 is 7.60 Å². The molecule has 0 saturated heterocycles. The number of hydrogen-bond acceptors (Lipinski definition) is 6. The van der Waals surface area contributed by atoms with Crippen molar-refractivity contribution in [1.82, 2.24) is 0 Å². The van der Waals surface area contributed by atoms with Gasteiger partial charge in [0.25, 0.3) is 0 Å². The van der Waals surface area contributed by atoms with Crippen molar-refractivity contribution < 1.29 is 28.2 Å². The smallest absolute Gasteiger partial charge is 0.435 e. The average Bonchev–Trinajstić information content (AvgIpc) is 2.70. The van der Waals surface area contributed by atoms with E-state index in [0.717, 1.165) is 0 Å². The Kier molecular flexibility index (Phi) is 6.12. The zero-order valence-corrected chi connectivity index (χ0v) is 16.5. The van der Waals surface area contributed by atoms with E-state index in [2.05, 4.69) is 0 Å². The molecule has 0 aliphatic heterocycles. The largest absolute Gasteiger partial charge is 0.508 e. The highest BCUT2D eigenvalue weighted by Crippen LogP contribution is 2.53. The number of hydrogen-bond donors (Lipinski definition) is 1. The van der Waals surface area contributed by atoms with Crippen LogP contribution in [0.2, 0.25) is 0 Å². The Morgan fingerprint density at radius 3 is 1.75 bits per heavy atom.